The zero-order chi connectivity index (χ0) is 17.8. The molecule has 0 aliphatic rings. The van der Waals surface area contributed by atoms with Crippen LogP contribution in [0.25, 0.3) is 10.9 Å². The Morgan fingerprint density at radius 1 is 1.16 bits per heavy atom. The van der Waals surface area contributed by atoms with Crippen molar-refractivity contribution in [2.75, 3.05) is 12.4 Å². The summed E-state index contributed by atoms with van der Waals surface area (Å²) in [5.41, 5.74) is 1.42. The Bertz CT molecular complexity index is 914. The summed E-state index contributed by atoms with van der Waals surface area (Å²) in [4.78, 5) is 16.7. The molecule has 0 bridgehead atoms. The van der Waals surface area contributed by atoms with Gasteiger partial charge in [0, 0.05) is 15.9 Å². The maximum atomic E-state index is 12.3. The Morgan fingerprint density at radius 3 is 2.76 bits per heavy atom. The molecule has 0 fully saturated rings. The van der Waals surface area contributed by atoms with Crippen molar-refractivity contribution in [1.82, 2.24) is 4.98 Å². The van der Waals surface area contributed by atoms with Crippen molar-refractivity contribution in [2.45, 2.75) is 13.0 Å². The van der Waals surface area contributed by atoms with Gasteiger partial charge in [0.2, 0.25) is 0 Å². The van der Waals surface area contributed by atoms with Gasteiger partial charge in [-0.2, -0.15) is 0 Å². The van der Waals surface area contributed by atoms with E-state index in [9.17, 15) is 4.79 Å². The summed E-state index contributed by atoms with van der Waals surface area (Å²) < 4.78 is 11.7. The summed E-state index contributed by atoms with van der Waals surface area (Å²) in [5, 5.41) is 3.74. The SMILES string of the molecule is COc1ccc2cc(NC(=O)C(C)Oc3cccc(Br)c3)cnc2c1. The molecule has 0 aliphatic carbocycles. The first-order chi connectivity index (χ1) is 12.0. The van der Waals surface area contributed by atoms with Gasteiger partial charge < -0.3 is 14.8 Å². The van der Waals surface area contributed by atoms with Crippen LogP contribution < -0.4 is 14.8 Å². The predicted molar refractivity (Wildman–Crippen MR) is 101 cm³/mol. The molecule has 1 atom stereocenters. The molecule has 0 saturated heterocycles. The maximum Gasteiger partial charge on any atom is 0.265 e. The molecule has 0 saturated carbocycles. The van der Waals surface area contributed by atoms with Gasteiger partial charge in [-0.05, 0) is 43.3 Å². The summed E-state index contributed by atoms with van der Waals surface area (Å²) >= 11 is 3.38. The second-order valence-electron chi connectivity index (χ2n) is 5.49. The van der Waals surface area contributed by atoms with Gasteiger partial charge in [0.1, 0.15) is 11.5 Å². The fraction of sp³-hybridized carbons (Fsp3) is 0.158. The zero-order valence-electron chi connectivity index (χ0n) is 13.8. The zero-order valence-corrected chi connectivity index (χ0v) is 15.4. The number of nitrogens with one attached hydrogen (secondary N) is 1. The average molecular weight is 401 g/mol. The molecule has 2 aromatic carbocycles. The van der Waals surface area contributed by atoms with Crippen LogP contribution in [0.2, 0.25) is 0 Å². The lowest BCUT2D eigenvalue weighted by Crippen LogP contribution is -2.30. The first-order valence-corrected chi connectivity index (χ1v) is 8.51. The molecule has 3 rings (SSSR count). The Hall–Kier alpha value is -2.60. The van der Waals surface area contributed by atoms with Crippen LogP contribution in [0.15, 0.2) is 59.2 Å². The molecule has 25 heavy (non-hydrogen) atoms. The molecule has 0 spiro atoms. The first kappa shape index (κ1) is 17.2. The van der Waals surface area contributed by atoms with E-state index >= 15 is 0 Å². The molecule has 3 aromatic rings. The second-order valence-corrected chi connectivity index (χ2v) is 6.41. The third kappa shape index (κ3) is 4.28. The highest BCUT2D eigenvalue weighted by Crippen LogP contribution is 2.22. The predicted octanol–water partition coefficient (Wildman–Crippen LogP) is 4.41. The van der Waals surface area contributed by atoms with Crippen LogP contribution in [-0.2, 0) is 4.79 Å². The van der Waals surface area contributed by atoms with E-state index in [0.717, 1.165) is 21.1 Å². The molecule has 1 aromatic heterocycles. The van der Waals surface area contributed by atoms with Crippen molar-refractivity contribution in [2.24, 2.45) is 0 Å². The molecule has 1 heterocycles. The first-order valence-electron chi connectivity index (χ1n) is 7.72. The Kier molecular flexibility index (Phi) is 5.19. The topological polar surface area (TPSA) is 60.5 Å². The van der Waals surface area contributed by atoms with Gasteiger partial charge in [0.15, 0.2) is 6.10 Å². The Morgan fingerprint density at radius 2 is 2.00 bits per heavy atom. The third-order valence-electron chi connectivity index (χ3n) is 3.64. The number of methoxy groups -OCH3 is 1. The van der Waals surface area contributed by atoms with Gasteiger partial charge >= 0.3 is 0 Å². The minimum atomic E-state index is -0.638. The number of nitrogens with zero attached hydrogens (tertiary/aromatic N) is 1. The van der Waals surface area contributed by atoms with E-state index in [4.69, 9.17) is 9.47 Å². The number of halogens is 1. The molecule has 128 valence electrons. The molecule has 1 unspecified atom stereocenters. The van der Waals surface area contributed by atoms with Gasteiger partial charge in [-0.15, -0.1) is 0 Å². The number of aromatic nitrogens is 1. The van der Waals surface area contributed by atoms with E-state index < -0.39 is 6.10 Å². The van der Waals surface area contributed by atoms with Gasteiger partial charge in [0.25, 0.3) is 5.91 Å². The molecule has 0 radical (unpaired) electrons. The minimum Gasteiger partial charge on any atom is -0.497 e. The van der Waals surface area contributed by atoms with Crippen LogP contribution in [0.1, 0.15) is 6.92 Å². The number of pyridine rings is 1. The van der Waals surface area contributed by atoms with Gasteiger partial charge in [0.05, 0.1) is 24.5 Å². The number of anilines is 1. The Balaban J connectivity index is 1.70. The van der Waals surface area contributed by atoms with Crippen molar-refractivity contribution < 1.29 is 14.3 Å². The summed E-state index contributed by atoms with van der Waals surface area (Å²) in [6.45, 7) is 1.70. The lowest BCUT2D eigenvalue weighted by molar-refractivity contribution is -0.122. The van der Waals surface area contributed by atoms with Gasteiger partial charge in [-0.25, -0.2) is 0 Å². The van der Waals surface area contributed by atoms with E-state index in [1.54, 1.807) is 26.3 Å². The number of amides is 1. The molecule has 6 heteroatoms. The summed E-state index contributed by atoms with van der Waals surface area (Å²) in [5.74, 6) is 1.13. The Labute approximate surface area is 154 Å². The standard InChI is InChI=1S/C19H17BrN2O3/c1-12(25-17-5-3-4-14(20)9-17)19(23)22-15-8-13-6-7-16(24-2)10-18(13)21-11-15/h3-12H,1-2H3,(H,22,23). The third-order valence-corrected chi connectivity index (χ3v) is 4.13. The monoisotopic (exact) mass is 400 g/mol. The number of hydrogen-bond donors (Lipinski definition) is 1. The van der Waals surface area contributed by atoms with Crippen LogP contribution in [-0.4, -0.2) is 24.1 Å². The van der Waals surface area contributed by atoms with Crippen LogP contribution in [0.4, 0.5) is 5.69 Å². The summed E-state index contributed by atoms with van der Waals surface area (Å²) in [6.07, 6.45) is 0.978. The van der Waals surface area contributed by atoms with Crippen LogP contribution in [0.5, 0.6) is 11.5 Å². The van der Waals surface area contributed by atoms with E-state index in [-0.39, 0.29) is 5.91 Å². The van der Waals surface area contributed by atoms with Crippen LogP contribution >= 0.6 is 15.9 Å². The largest absolute Gasteiger partial charge is 0.497 e. The van der Waals surface area contributed by atoms with E-state index in [0.29, 0.717) is 11.4 Å². The molecule has 1 amide bonds. The number of benzene rings is 2. The minimum absolute atomic E-state index is 0.241. The van der Waals surface area contributed by atoms with Crippen molar-refractivity contribution in [1.29, 1.82) is 0 Å². The number of fused-ring (bicyclic) bond motifs is 1. The molecule has 0 aliphatic heterocycles. The molecular weight excluding hydrogens is 384 g/mol. The highest BCUT2D eigenvalue weighted by molar-refractivity contribution is 9.10. The maximum absolute atomic E-state index is 12.3. The van der Waals surface area contributed by atoms with E-state index in [1.807, 2.05) is 42.5 Å². The molecular formula is C19H17BrN2O3. The number of rotatable bonds is 5. The molecule has 5 nitrogen and oxygen atoms in total. The van der Waals surface area contributed by atoms with Crippen molar-refractivity contribution in [3.8, 4) is 11.5 Å². The number of carbonyl (C=O) groups is 1. The average Bonchev–Trinajstić information content (AvgIpc) is 2.61. The summed E-state index contributed by atoms with van der Waals surface area (Å²) in [6, 6.07) is 14.8. The van der Waals surface area contributed by atoms with Crippen LogP contribution in [0, 0.1) is 0 Å². The fourth-order valence-electron chi connectivity index (χ4n) is 2.34. The van der Waals surface area contributed by atoms with Gasteiger partial charge in [-0.1, -0.05) is 22.0 Å². The van der Waals surface area contributed by atoms with Crippen molar-refractivity contribution in [3.05, 3.63) is 59.2 Å². The smallest absolute Gasteiger partial charge is 0.265 e. The number of ether oxygens (including phenoxy) is 2. The quantitative estimate of drug-likeness (QED) is 0.688. The second kappa shape index (κ2) is 7.53. The van der Waals surface area contributed by atoms with E-state index in [1.165, 1.54) is 0 Å². The number of carbonyl (C=O) groups excluding carboxylic acids is 1. The van der Waals surface area contributed by atoms with Crippen LogP contribution in [0.3, 0.4) is 0 Å². The number of hydrogen-bond acceptors (Lipinski definition) is 4. The summed E-state index contributed by atoms with van der Waals surface area (Å²) in [7, 11) is 1.61. The van der Waals surface area contributed by atoms with Crippen molar-refractivity contribution in [3.63, 3.8) is 0 Å². The lowest BCUT2D eigenvalue weighted by Gasteiger charge is -2.15. The van der Waals surface area contributed by atoms with Crippen molar-refractivity contribution >= 4 is 38.4 Å². The van der Waals surface area contributed by atoms with Gasteiger partial charge in [-0.3, -0.25) is 9.78 Å². The normalized spacial score (nSPS) is 11.8. The highest BCUT2D eigenvalue weighted by atomic mass is 79.9. The molecule has 1 N–H and O–H groups in total. The van der Waals surface area contributed by atoms with E-state index in [2.05, 4.69) is 26.2 Å². The highest BCUT2D eigenvalue weighted by Gasteiger charge is 2.15. The lowest BCUT2D eigenvalue weighted by atomic mass is 10.2. The fourth-order valence-corrected chi connectivity index (χ4v) is 2.72.